The highest BCUT2D eigenvalue weighted by molar-refractivity contribution is 14.1. The second-order valence-corrected chi connectivity index (χ2v) is 4.37. The molecule has 1 N–H and O–H groups in total. The molecule has 0 aromatic rings. The largest absolute Gasteiger partial charge is 0.353 e. The molecule has 76 valence electrons. The third-order valence-electron chi connectivity index (χ3n) is 1.61. The van der Waals surface area contributed by atoms with Gasteiger partial charge in [0, 0.05) is 12.6 Å². The Hall–Kier alpha value is -0.0600. The van der Waals surface area contributed by atoms with Gasteiger partial charge in [-0.1, -0.05) is 26.7 Å². The molecule has 0 saturated carbocycles. The third-order valence-corrected chi connectivity index (χ3v) is 2.46. The minimum absolute atomic E-state index is 0.0475. The maximum Gasteiger partial charge on any atom is 0.244 e. The predicted octanol–water partition coefficient (Wildman–Crippen LogP) is 3.02. The summed E-state index contributed by atoms with van der Waals surface area (Å²) >= 11 is 2.22. The Kier molecular flexibility index (Phi) is 8.49. The lowest BCUT2D eigenvalue weighted by atomic mass is 10.3. The fourth-order valence-corrected chi connectivity index (χ4v) is 1.71. The highest BCUT2D eigenvalue weighted by Crippen LogP contribution is 2.12. The molecule has 0 radical (unpaired) electrons. The molecule has 3 heteroatoms. The van der Waals surface area contributed by atoms with Crippen molar-refractivity contribution in [2.45, 2.75) is 39.5 Å². The van der Waals surface area contributed by atoms with Gasteiger partial charge in [0.15, 0.2) is 0 Å². The second kappa shape index (κ2) is 8.53. The first-order valence-corrected chi connectivity index (χ1v) is 5.92. The van der Waals surface area contributed by atoms with Gasteiger partial charge in [0.2, 0.25) is 5.91 Å². The summed E-state index contributed by atoms with van der Waals surface area (Å²) < 4.78 is 1.13. The first kappa shape index (κ1) is 12.9. The highest BCUT2D eigenvalue weighted by atomic mass is 127. The fourth-order valence-electron chi connectivity index (χ4n) is 0.893. The number of nitrogens with one attached hydrogen (secondary N) is 1. The van der Waals surface area contributed by atoms with Crippen molar-refractivity contribution in [1.29, 1.82) is 0 Å². The first-order valence-electron chi connectivity index (χ1n) is 4.84. The van der Waals surface area contributed by atoms with Gasteiger partial charge in [-0.2, -0.15) is 0 Å². The number of carbonyl (C=O) groups excluding carboxylic acids is 1. The summed E-state index contributed by atoms with van der Waals surface area (Å²) in [5.74, 6) is 0.0475. The van der Waals surface area contributed by atoms with Crippen molar-refractivity contribution in [1.82, 2.24) is 5.32 Å². The van der Waals surface area contributed by atoms with Gasteiger partial charge in [-0.05, 0) is 39.0 Å². The second-order valence-electron chi connectivity index (χ2n) is 2.99. The Labute approximate surface area is 94.3 Å². The molecular formula is C10H18INO. The smallest absolute Gasteiger partial charge is 0.244 e. The van der Waals surface area contributed by atoms with Crippen LogP contribution in [0.4, 0.5) is 0 Å². The van der Waals surface area contributed by atoms with E-state index >= 15 is 0 Å². The van der Waals surface area contributed by atoms with Crippen LogP contribution in [0.2, 0.25) is 0 Å². The van der Waals surface area contributed by atoms with Gasteiger partial charge in [0.25, 0.3) is 0 Å². The van der Waals surface area contributed by atoms with Gasteiger partial charge in [0.1, 0.15) is 0 Å². The van der Waals surface area contributed by atoms with Crippen LogP contribution in [0.1, 0.15) is 39.5 Å². The van der Waals surface area contributed by atoms with E-state index in [0.717, 1.165) is 35.8 Å². The van der Waals surface area contributed by atoms with E-state index in [0.29, 0.717) is 0 Å². The number of halogens is 1. The van der Waals surface area contributed by atoms with Crippen molar-refractivity contribution < 1.29 is 4.79 Å². The average Bonchev–Trinajstić information content (AvgIpc) is 2.05. The van der Waals surface area contributed by atoms with E-state index in [-0.39, 0.29) is 5.91 Å². The van der Waals surface area contributed by atoms with Crippen LogP contribution in [0.5, 0.6) is 0 Å². The van der Waals surface area contributed by atoms with Crippen LogP contribution < -0.4 is 5.32 Å². The fraction of sp³-hybridized carbons (Fsp3) is 0.700. The highest BCUT2D eigenvalue weighted by Gasteiger charge is 1.97. The topological polar surface area (TPSA) is 29.1 Å². The Morgan fingerprint density at radius 2 is 2.08 bits per heavy atom. The van der Waals surface area contributed by atoms with Gasteiger partial charge in [-0.15, -0.1) is 0 Å². The minimum atomic E-state index is 0.0475. The molecule has 0 aliphatic carbocycles. The summed E-state index contributed by atoms with van der Waals surface area (Å²) in [6, 6.07) is 0. The standard InChI is InChI=1S/C10H18INO/c1-3-5-7-12-10(13)8-9(11)6-4-2/h8H,3-7H2,1-2H3,(H,12,13). The molecule has 0 spiro atoms. The van der Waals surface area contributed by atoms with E-state index in [2.05, 4.69) is 41.8 Å². The number of allylic oxidation sites excluding steroid dienone is 1. The number of hydrogen-bond donors (Lipinski definition) is 1. The molecule has 0 saturated heterocycles. The van der Waals surface area contributed by atoms with Crippen molar-refractivity contribution in [3.63, 3.8) is 0 Å². The number of amides is 1. The Morgan fingerprint density at radius 1 is 1.38 bits per heavy atom. The van der Waals surface area contributed by atoms with E-state index in [9.17, 15) is 4.79 Å². The van der Waals surface area contributed by atoms with Crippen molar-refractivity contribution in [3.8, 4) is 0 Å². The predicted molar refractivity (Wildman–Crippen MR) is 64.9 cm³/mol. The Balaban J connectivity index is 3.65. The SMILES string of the molecule is CCCCNC(=O)C=C(I)CCC. The van der Waals surface area contributed by atoms with E-state index in [1.54, 1.807) is 6.08 Å². The Bertz CT molecular complexity index is 178. The molecule has 13 heavy (non-hydrogen) atoms. The zero-order chi connectivity index (χ0) is 10.1. The van der Waals surface area contributed by atoms with Crippen molar-refractivity contribution in [2.75, 3.05) is 6.54 Å². The quantitative estimate of drug-likeness (QED) is 0.455. The van der Waals surface area contributed by atoms with Crippen LogP contribution in [-0.2, 0) is 4.79 Å². The van der Waals surface area contributed by atoms with Crippen LogP contribution in [-0.4, -0.2) is 12.5 Å². The number of unbranched alkanes of at least 4 members (excludes halogenated alkanes) is 1. The van der Waals surface area contributed by atoms with Gasteiger partial charge in [-0.25, -0.2) is 0 Å². The lowest BCUT2D eigenvalue weighted by Crippen LogP contribution is -2.22. The summed E-state index contributed by atoms with van der Waals surface area (Å²) in [7, 11) is 0. The molecule has 0 aromatic heterocycles. The Morgan fingerprint density at radius 3 is 2.62 bits per heavy atom. The zero-order valence-electron chi connectivity index (χ0n) is 8.40. The molecule has 1 amide bonds. The van der Waals surface area contributed by atoms with E-state index in [4.69, 9.17) is 0 Å². The molecule has 0 unspecified atom stereocenters. The summed E-state index contributed by atoms with van der Waals surface area (Å²) in [5, 5.41) is 2.85. The molecule has 0 rings (SSSR count). The molecule has 2 nitrogen and oxygen atoms in total. The van der Waals surface area contributed by atoms with Gasteiger partial charge in [0.05, 0.1) is 0 Å². The van der Waals surface area contributed by atoms with Crippen molar-refractivity contribution in [2.24, 2.45) is 0 Å². The maximum atomic E-state index is 11.2. The normalized spacial score (nSPS) is 11.5. The van der Waals surface area contributed by atoms with Gasteiger partial charge < -0.3 is 5.32 Å². The maximum absolute atomic E-state index is 11.2. The van der Waals surface area contributed by atoms with Gasteiger partial charge >= 0.3 is 0 Å². The monoisotopic (exact) mass is 295 g/mol. The number of carbonyl (C=O) groups is 1. The molecular weight excluding hydrogens is 277 g/mol. The van der Waals surface area contributed by atoms with E-state index in [1.165, 1.54) is 0 Å². The zero-order valence-corrected chi connectivity index (χ0v) is 10.6. The average molecular weight is 295 g/mol. The summed E-state index contributed by atoms with van der Waals surface area (Å²) in [6.07, 6.45) is 5.97. The molecule has 0 fully saturated rings. The molecule has 0 aliphatic rings. The van der Waals surface area contributed by atoms with Crippen molar-refractivity contribution in [3.05, 3.63) is 9.66 Å². The number of rotatable bonds is 6. The van der Waals surface area contributed by atoms with E-state index < -0.39 is 0 Å². The van der Waals surface area contributed by atoms with E-state index in [1.807, 2.05) is 0 Å². The molecule has 0 bridgehead atoms. The van der Waals surface area contributed by atoms with Crippen LogP contribution in [0, 0.1) is 0 Å². The van der Waals surface area contributed by atoms with Crippen LogP contribution in [0.3, 0.4) is 0 Å². The molecule has 0 heterocycles. The first-order chi connectivity index (χ1) is 6.20. The molecule has 0 aliphatic heterocycles. The van der Waals surface area contributed by atoms with Crippen molar-refractivity contribution >= 4 is 28.5 Å². The van der Waals surface area contributed by atoms with Gasteiger partial charge in [-0.3, -0.25) is 4.79 Å². The molecule has 0 atom stereocenters. The minimum Gasteiger partial charge on any atom is -0.353 e. The lowest BCUT2D eigenvalue weighted by Gasteiger charge is -2.00. The third kappa shape index (κ3) is 8.28. The summed E-state index contributed by atoms with van der Waals surface area (Å²) in [4.78, 5) is 11.2. The lowest BCUT2D eigenvalue weighted by molar-refractivity contribution is -0.116. The van der Waals surface area contributed by atoms with Crippen LogP contribution >= 0.6 is 22.6 Å². The number of hydrogen-bond acceptors (Lipinski definition) is 1. The van der Waals surface area contributed by atoms with Crippen LogP contribution in [0.25, 0.3) is 0 Å². The summed E-state index contributed by atoms with van der Waals surface area (Å²) in [6.45, 7) is 5.02. The molecule has 0 aromatic carbocycles. The summed E-state index contributed by atoms with van der Waals surface area (Å²) in [5.41, 5.74) is 0. The van der Waals surface area contributed by atoms with Crippen LogP contribution in [0.15, 0.2) is 9.66 Å².